The lowest BCUT2D eigenvalue weighted by Crippen LogP contribution is -2.65. The summed E-state index contributed by atoms with van der Waals surface area (Å²) in [4.78, 5) is 65.6. The summed E-state index contributed by atoms with van der Waals surface area (Å²) in [5.74, 6) is 0.925. The maximum absolute atomic E-state index is 13.4. The predicted octanol–water partition coefficient (Wildman–Crippen LogP) is 5.44. The van der Waals surface area contributed by atoms with Crippen LogP contribution >= 0.6 is 11.6 Å². The third kappa shape index (κ3) is 5.38. The van der Waals surface area contributed by atoms with Crippen molar-refractivity contribution in [1.82, 2.24) is 29.6 Å². The van der Waals surface area contributed by atoms with Crippen molar-refractivity contribution < 1.29 is 19.1 Å². The number of likely N-dealkylation sites (tertiary alicyclic amines) is 2. The number of piperidine rings is 3. The zero-order valence-electron chi connectivity index (χ0n) is 33.9. The molecule has 5 fully saturated rings. The molecule has 2 spiro atoms. The zero-order valence-corrected chi connectivity index (χ0v) is 34.6. The number of ether oxygens (including phenoxy) is 1. The van der Waals surface area contributed by atoms with E-state index in [0.29, 0.717) is 47.6 Å². The quantitative estimate of drug-likeness (QED) is 0.268. The van der Waals surface area contributed by atoms with Gasteiger partial charge in [-0.25, -0.2) is 0 Å². The molecule has 0 unspecified atom stereocenters. The first-order valence-electron chi connectivity index (χ1n) is 22.2. The van der Waals surface area contributed by atoms with Crippen LogP contribution in [0.4, 0.5) is 5.69 Å². The molecular weight excluding hydrogens is 778 g/mol. The minimum Gasteiger partial charge on any atom is -0.492 e. The molecular formula is C47H50ClN7O5. The lowest BCUT2D eigenvalue weighted by molar-refractivity contribution is -0.136. The van der Waals surface area contributed by atoms with Gasteiger partial charge in [-0.2, -0.15) is 4.98 Å². The van der Waals surface area contributed by atoms with Crippen LogP contribution in [-0.2, 0) is 27.0 Å². The Morgan fingerprint density at radius 1 is 0.817 bits per heavy atom. The van der Waals surface area contributed by atoms with Crippen molar-refractivity contribution in [1.29, 1.82) is 0 Å². The number of benzene rings is 3. The Kier molecular flexibility index (Phi) is 8.40. The molecule has 8 aliphatic rings. The molecule has 3 aromatic carbocycles. The van der Waals surface area contributed by atoms with Gasteiger partial charge in [-0.05, 0) is 100.0 Å². The molecule has 60 heavy (non-hydrogen) atoms. The van der Waals surface area contributed by atoms with Crippen LogP contribution in [0.1, 0.15) is 104 Å². The second kappa shape index (κ2) is 13.6. The van der Waals surface area contributed by atoms with E-state index in [1.807, 2.05) is 18.2 Å². The van der Waals surface area contributed by atoms with Gasteiger partial charge in [-0.15, -0.1) is 0 Å². The molecule has 1 aliphatic carbocycles. The molecule has 4 aromatic rings. The number of carbonyl (C=O) groups is 3. The smallest absolute Gasteiger partial charge is 0.282 e. The fraction of sp³-hybridized carbons (Fsp3) is 0.511. The van der Waals surface area contributed by atoms with E-state index in [1.54, 1.807) is 11.0 Å². The van der Waals surface area contributed by atoms with E-state index in [4.69, 9.17) is 21.3 Å². The van der Waals surface area contributed by atoms with E-state index in [9.17, 15) is 19.2 Å². The van der Waals surface area contributed by atoms with Crippen LogP contribution in [0.2, 0.25) is 5.02 Å². The van der Waals surface area contributed by atoms with Gasteiger partial charge in [0.1, 0.15) is 17.6 Å². The average molecular weight is 828 g/mol. The highest BCUT2D eigenvalue weighted by molar-refractivity contribution is 6.35. The number of carbonyl (C=O) groups excluding carboxylic acids is 3. The predicted molar refractivity (Wildman–Crippen MR) is 227 cm³/mol. The fourth-order valence-corrected chi connectivity index (χ4v) is 12.8. The normalized spacial score (nSPS) is 25.0. The Bertz CT molecular complexity index is 2560. The number of hydrogen-bond acceptors (Lipinski definition) is 9. The molecule has 4 saturated heterocycles. The number of aromatic nitrogens is 2. The Morgan fingerprint density at radius 2 is 1.62 bits per heavy atom. The van der Waals surface area contributed by atoms with E-state index < -0.39 is 6.04 Å². The van der Waals surface area contributed by atoms with Gasteiger partial charge in [-0.1, -0.05) is 43.0 Å². The van der Waals surface area contributed by atoms with Crippen LogP contribution in [0, 0.1) is 0 Å². The molecule has 1 saturated carbocycles. The van der Waals surface area contributed by atoms with E-state index >= 15 is 0 Å². The number of rotatable bonds is 4. The summed E-state index contributed by atoms with van der Waals surface area (Å²) in [6.45, 7) is 7.37. The highest BCUT2D eigenvalue weighted by Crippen LogP contribution is 2.53. The number of amides is 3. The molecule has 310 valence electrons. The highest BCUT2D eigenvalue weighted by atomic mass is 35.5. The number of hydrogen-bond donors (Lipinski definition) is 1. The van der Waals surface area contributed by atoms with Gasteiger partial charge in [0.25, 0.3) is 11.5 Å². The lowest BCUT2D eigenvalue weighted by atomic mass is 9.69. The zero-order chi connectivity index (χ0) is 40.5. The van der Waals surface area contributed by atoms with Crippen LogP contribution in [0.3, 0.4) is 0 Å². The van der Waals surface area contributed by atoms with E-state index in [1.165, 1.54) is 23.2 Å². The number of halogens is 1. The third-order valence-corrected chi connectivity index (χ3v) is 16.3. The SMILES string of the molecule is O=C1CC[C@H](N2Cc3c(ccc4c3OCC43CCN(C4CN(C5CCN(c6ccc7c(c6)C6(CCCCC6)c6nc(=O)c8c(Cl)cccc8n6-7)CC5)C4)CC3)C2=O)C(=O)N1. The monoisotopic (exact) mass is 827 g/mol. The topological polar surface area (TPSA) is 120 Å². The summed E-state index contributed by atoms with van der Waals surface area (Å²) in [7, 11) is 0. The molecule has 13 heteroatoms. The van der Waals surface area contributed by atoms with Crippen LogP contribution in [0.5, 0.6) is 5.75 Å². The number of anilines is 1. The first kappa shape index (κ1) is 37.0. The van der Waals surface area contributed by atoms with Crippen LogP contribution < -0.4 is 20.5 Å². The third-order valence-electron chi connectivity index (χ3n) is 16.0. The maximum Gasteiger partial charge on any atom is 0.282 e. The molecule has 8 heterocycles. The van der Waals surface area contributed by atoms with E-state index in [-0.39, 0.29) is 40.5 Å². The summed E-state index contributed by atoms with van der Waals surface area (Å²) in [6.07, 6.45) is 10.5. The van der Waals surface area contributed by atoms with Gasteiger partial charge in [0.2, 0.25) is 11.8 Å². The van der Waals surface area contributed by atoms with E-state index in [2.05, 4.69) is 48.8 Å². The number of imide groups is 1. The van der Waals surface area contributed by atoms with Gasteiger partial charge < -0.3 is 14.5 Å². The van der Waals surface area contributed by atoms with Gasteiger partial charge >= 0.3 is 0 Å². The molecule has 1 aromatic heterocycles. The Balaban J connectivity index is 0.685. The summed E-state index contributed by atoms with van der Waals surface area (Å²) < 4.78 is 8.67. The van der Waals surface area contributed by atoms with Crippen molar-refractivity contribution in [3.63, 3.8) is 0 Å². The molecule has 7 aliphatic heterocycles. The van der Waals surface area contributed by atoms with Gasteiger partial charge in [0, 0.05) is 72.5 Å². The van der Waals surface area contributed by atoms with Gasteiger partial charge in [0.05, 0.1) is 40.2 Å². The number of nitrogens with one attached hydrogen (secondary N) is 1. The summed E-state index contributed by atoms with van der Waals surface area (Å²) in [5.41, 5.74) is 6.81. The largest absolute Gasteiger partial charge is 0.492 e. The minimum atomic E-state index is -0.625. The standard InChI is InChI=1S/C47H50ClN7O5/c48-35-5-4-6-37-40(35)43(58)50-45-47(15-2-1-3-16-47)34-23-29(7-10-36(34)55(37)45)51-19-13-28(14-20-51)53-24-30(25-53)52-21-17-46(18-22-52)27-60-41-32-26-54(38-11-12-39(56)49-42(38)57)44(59)31(32)8-9-33(41)46/h4-10,23,28,30,38H,1-3,11-22,24-27H2,(H,49,56,57)/t38-/m0/s1. The van der Waals surface area contributed by atoms with Crippen molar-refractivity contribution in [2.24, 2.45) is 0 Å². The Morgan fingerprint density at radius 3 is 2.40 bits per heavy atom. The summed E-state index contributed by atoms with van der Waals surface area (Å²) in [6, 6.07) is 17.3. The maximum atomic E-state index is 13.4. The first-order valence-corrected chi connectivity index (χ1v) is 22.6. The minimum absolute atomic E-state index is 0.0467. The summed E-state index contributed by atoms with van der Waals surface area (Å²) in [5, 5.41) is 3.37. The van der Waals surface area contributed by atoms with Crippen LogP contribution in [-0.4, -0.2) is 106 Å². The van der Waals surface area contributed by atoms with Crippen molar-refractivity contribution in [2.45, 2.75) is 106 Å². The summed E-state index contributed by atoms with van der Waals surface area (Å²) >= 11 is 6.58. The first-order chi connectivity index (χ1) is 29.2. The molecule has 3 amide bonds. The van der Waals surface area contributed by atoms with Gasteiger partial charge in [-0.3, -0.25) is 38.9 Å². The van der Waals surface area contributed by atoms with Crippen molar-refractivity contribution in [3.8, 4) is 11.4 Å². The molecule has 12 nitrogen and oxygen atoms in total. The van der Waals surface area contributed by atoms with Gasteiger partial charge in [0.15, 0.2) is 0 Å². The van der Waals surface area contributed by atoms with E-state index in [0.717, 1.165) is 119 Å². The molecule has 12 rings (SSSR count). The van der Waals surface area contributed by atoms with Crippen LogP contribution in [0.15, 0.2) is 53.3 Å². The van der Waals surface area contributed by atoms with Crippen molar-refractivity contribution in [2.75, 3.05) is 50.8 Å². The molecule has 1 N–H and O–H groups in total. The van der Waals surface area contributed by atoms with Crippen molar-refractivity contribution in [3.05, 3.63) is 92.0 Å². The average Bonchev–Trinajstić information content (AvgIpc) is 3.86. The lowest BCUT2D eigenvalue weighted by Gasteiger charge is -2.53. The Labute approximate surface area is 353 Å². The second-order valence-electron chi connectivity index (χ2n) is 18.9. The molecule has 0 radical (unpaired) electrons. The fourth-order valence-electron chi connectivity index (χ4n) is 12.6. The number of fused-ring (bicyclic) bond motifs is 11. The Hall–Kier alpha value is -4.78. The molecule has 1 atom stereocenters. The molecule has 0 bridgehead atoms. The van der Waals surface area contributed by atoms with Crippen molar-refractivity contribution >= 4 is 45.9 Å². The van der Waals surface area contributed by atoms with Crippen LogP contribution in [0.25, 0.3) is 16.6 Å². The second-order valence-corrected chi connectivity index (χ2v) is 19.3. The number of nitrogens with zero attached hydrogens (tertiary/aromatic N) is 6. The highest BCUT2D eigenvalue weighted by Gasteiger charge is 2.50.